The highest BCUT2D eigenvalue weighted by Gasteiger charge is 2.22. The van der Waals surface area contributed by atoms with Crippen LogP contribution in [-0.4, -0.2) is 19.4 Å². The fraction of sp³-hybridized carbons (Fsp3) is 0.615. The van der Waals surface area contributed by atoms with Crippen molar-refractivity contribution in [2.24, 2.45) is 5.73 Å². The number of hydrogen-bond acceptors (Lipinski definition) is 5. The second kappa shape index (κ2) is 6.20. The molecule has 0 saturated heterocycles. The summed E-state index contributed by atoms with van der Waals surface area (Å²) in [4.78, 5) is 1.04. The van der Waals surface area contributed by atoms with Crippen LogP contribution in [0.15, 0.2) is 0 Å². The normalized spacial score (nSPS) is 13.2. The highest BCUT2D eigenvalue weighted by atomic mass is 35.5. The molecule has 1 atom stereocenters. The van der Waals surface area contributed by atoms with Crippen LogP contribution in [0.2, 0.25) is 5.02 Å². The van der Waals surface area contributed by atoms with Gasteiger partial charge < -0.3 is 5.73 Å². The van der Waals surface area contributed by atoms with Crippen LogP contribution in [0.25, 0.3) is 0 Å². The van der Waals surface area contributed by atoms with Crippen LogP contribution >= 0.6 is 23.1 Å². The van der Waals surface area contributed by atoms with Gasteiger partial charge >= 0.3 is 0 Å². The molecule has 0 saturated carbocycles. The van der Waals surface area contributed by atoms with E-state index in [-0.39, 0.29) is 6.04 Å². The minimum Gasteiger partial charge on any atom is -0.323 e. The molecule has 2 rings (SSSR count). The van der Waals surface area contributed by atoms with Crippen LogP contribution < -0.4 is 5.73 Å². The maximum atomic E-state index is 6.34. The van der Waals surface area contributed by atoms with Gasteiger partial charge in [0.25, 0.3) is 0 Å². The van der Waals surface area contributed by atoms with E-state index in [4.69, 9.17) is 17.3 Å². The zero-order chi connectivity index (χ0) is 14.9. The molecule has 5 nitrogen and oxygen atoms in total. The Bertz CT molecular complexity index is 590. The highest BCUT2D eigenvalue weighted by Crippen LogP contribution is 2.30. The number of nitrogens with zero attached hydrogens (tertiary/aromatic N) is 4. The average Bonchev–Trinajstić information content (AvgIpc) is 2.99. The van der Waals surface area contributed by atoms with Crippen LogP contribution in [0, 0.1) is 6.92 Å². The predicted molar refractivity (Wildman–Crippen MR) is 82.3 cm³/mol. The van der Waals surface area contributed by atoms with Crippen molar-refractivity contribution in [3.05, 3.63) is 27.0 Å². The second-order valence-corrected chi connectivity index (χ2v) is 6.31. The second-order valence-electron chi connectivity index (χ2n) is 5.15. The van der Waals surface area contributed by atoms with Gasteiger partial charge in [-0.2, -0.15) is 5.10 Å². The predicted octanol–water partition coefficient (Wildman–Crippen LogP) is 3.08. The summed E-state index contributed by atoms with van der Waals surface area (Å²) >= 11 is 7.71. The summed E-state index contributed by atoms with van der Waals surface area (Å²) in [6.45, 7) is 8.94. The van der Waals surface area contributed by atoms with Crippen molar-refractivity contribution < 1.29 is 0 Å². The van der Waals surface area contributed by atoms with E-state index in [9.17, 15) is 0 Å². The zero-order valence-electron chi connectivity index (χ0n) is 12.2. The number of aromatic nitrogens is 4. The molecule has 0 spiro atoms. The Hall–Kier alpha value is -0.980. The smallest absolute Gasteiger partial charge is 0.0847 e. The summed E-state index contributed by atoms with van der Waals surface area (Å²) in [7, 11) is 0. The first-order valence-electron chi connectivity index (χ1n) is 6.75. The molecule has 2 heterocycles. The Morgan fingerprint density at radius 2 is 2.10 bits per heavy atom. The molecule has 0 radical (unpaired) electrons. The van der Waals surface area contributed by atoms with E-state index in [1.807, 2.05) is 18.5 Å². The lowest BCUT2D eigenvalue weighted by molar-refractivity contribution is 0.586. The van der Waals surface area contributed by atoms with Crippen molar-refractivity contribution in [3.63, 3.8) is 0 Å². The lowest BCUT2D eigenvalue weighted by Gasteiger charge is -2.13. The SMILES string of the molecule is CCn1nc(C)c(Cl)c1CC(N)c1snnc1C(C)C. The van der Waals surface area contributed by atoms with Crippen molar-refractivity contribution in [1.29, 1.82) is 0 Å². The first-order valence-corrected chi connectivity index (χ1v) is 7.90. The molecular formula is C13H20ClN5S. The summed E-state index contributed by atoms with van der Waals surface area (Å²) in [6.07, 6.45) is 0.650. The van der Waals surface area contributed by atoms with Crippen molar-refractivity contribution >= 4 is 23.1 Å². The van der Waals surface area contributed by atoms with Crippen LogP contribution in [0.4, 0.5) is 0 Å². The zero-order valence-corrected chi connectivity index (χ0v) is 13.8. The van der Waals surface area contributed by atoms with E-state index in [1.165, 1.54) is 11.5 Å². The molecule has 0 aromatic carbocycles. The van der Waals surface area contributed by atoms with Gasteiger partial charge in [0.2, 0.25) is 0 Å². The number of rotatable bonds is 5. The third-order valence-corrected chi connectivity index (χ3v) is 4.65. The van der Waals surface area contributed by atoms with Crippen molar-refractivity contribution in [2.45, 2.75) is 52.6 Å². The molecule has 1 unspecified atom stereocenters. The van der Waals surface area contributed by atoms with Crippen LogP contribution in [-0.2, 0) is 13.0 Å². The number of halogens is 1. The van der Waals surface area contributed by atoms with Gasteiger partial charge in [-0.1, -0.05) is 29.9 Å². The Labute approximate surface area is 128 Å². The summed E-state index contributed by atoms with van der Waals surface area (Å²) in [5.74, 6) is 0.322. The number of nitrogens with two attached hydrogens (primary N) is 1. The lowest BCUT2D eigenvalue weighted by Crippen LogP contribution is -2.17. The molecule has 2 aromatic rings. The van der Waals surface area contributed by atoms with Gasteiger partial charge in [0.1, 0.15) is 0 Å². The van der Waals surface area contributed by atoms with Crippen molar-refractivity contribution in [3.8, 4) is 0 Å². The monoisotopic (exact) mass is 313 g/mol. The van der Waals surface area contributed by atoms with Gasteiger partial charge in [0.05, 0.1) is 27.0 Å². The molecule has 2 N–H and O–H groups in total. The summed E-state index contributed by atoms with van der Waals surface area (Å²) in [6, 6.07) is -0.147. The molecule has 110 valence electrons. The minimum atomic E-state index is -0.147. The fourth-order valence-corrected chi connectivity index (χ4v) is 3.25. The quantitative estimate of drug-likeness (QED) is 0.921. The van der Waals surface area contributed by atoms with Crippen molar-refractivity contribution in [1.82, 2.24) is 19.4 Å². The van der Waals surface area contributed by atoms with Crippen LogP contribution in [0.1, 0.15) is 54.7 Å². The standard InChI is InChI=1S/C13H20ClN5S/c1-5-19-10(11(14)8(4)17-19)6-9(15)13-12(7(2)3)16-18-20-13/h7,9H,5-6,15H2,1-4H3. The molecule has 7 heteroatoms. The Morgan fingerprint density at radius 3 is 2.70 bits per heavy atom. The van der Waals surface area contributed by atoms with Gasteiger partial charge in [-0.3, -0.25) is 4.68 Å². The van der Waals surface area contributed by atoms with Gasteiger partial charge in [-0.05, 0) is 31.3 Å². The Morgan fingerprint density at radius 1 is 1.40 bits per heavy atom. The van der Waals surface area contributed by atoms with E-state index in [0.717, 1.165) is 28.5 Å². The largest absolute Gasteiger partial charge is 0.323 e. The summed E-state index contributed by atoms with van der Waals surface area (Å²) < 4.78 is 5.95. The Kier molecular flexibility index (Phi) is 4.78. The topological polar surface area (TPSA) is 69.6 Å². The van der Waals surface area contributed by atoms with E-state index in [0.29, 0.717) is 17.4 Å². The van der Waals surface area contributed by atoms with Gasteiger partial charge in [-0.15, -0.1) is 5.10 Å². The van der Waals surface area contributed by atoms with Gasteiger partial charge in [-0.25, -0.2) is 0 Å². The molecular weight excluding hydrogens is 294 g/mol. The van der Waals surface area contributed by atoms with Crippen molar-refractivity contribution in [2.75, 3.05) is 0 Å². The molecule has 0 bridgehead atoms. The molecule has 0 amide bonds. The van der Waals surface area contributed by atoms with Gasteiger partial charge in [0.15, 0.2) is 0 Å². The van der Waals surface area contributed by atoms with Crippen LogP contribution in [0.3, 0.4) is 0 Å². The molecule has 0 aliphatic heterocycles. The average molecular weight is 314 g/mol. The first kappa shape index (κ1) is 15.4. The highest BCUT2D eigenvalue weighted by molar-refractivity contribution is 7.05. The maximum Gasteiger partial charge on any atom is 0.0847 e. The molecule has 0 aliphatic rings. The fourth-order valence-electron chi connectivity index (χ4n) is 2.23. The van der Waals surface area contributed by atoms with E-state index < -0.39 is 0 Å². The summed E-state index contributed by atoms with van der Waals surface area (Å²) in [5, 5.41) is 9.32. The molecule has 0 aliphatic carbocycles. The molecule has 2 aromatic heterocycles. The number of hydrogen-bond donors (Lipinski definition) is 1. The third-order valence-electron chi connectivity index (χ3n) is 3.29. The molecule has 20 heavy (non-hydrogen) atoms. The van der Waals surface area contributed by atoms with Crippen LogP contribution in [0.5, 0.6) is 0 Å². The lowest BCUT2D eigenvalue weighted by atomic mass is 10.0. The van der Waals surface area contributed by atoms with E-state index in [1.54, 1.807) is 0 Å². The first-order chi connectivity index (χ1) is 9.45. The Balaban J connectivity index is 2.28. The van der Waals surface area contributed by atoms with E-state index >= 15 is 0 Å². The summed E-state index contributed by atoms with van der Waals surface area (Å²) in [5.41, 5.74) is 9.16. The number of aryl methyl sites for hydroxylation is 2. The minimum absolute atomic E-state index is 0.147. The third kappa shape index (κ3) is 2.87. The van der Waals surface area contributed by atoms with Gasteiger partial charge in [0, 0.05) is 19.0 Å². The maximum absolute atomic E-state index is 6.34. The molecule has 0 fully saturated rings. The van der Waals surface area contributed by atoms with E-state index in [2.05, 4.69) is 28.5 Å².